The first-order valence-electron chi connectivity index (χ1n) is 7.06. The van der Waals surface area contributed by atoms with E-state index < -0.39 is 41.8 Å². The molecule has 0 bridgehead atoms. The van der Waals surface area contributed by atoms with Crippen LogP contribution in [0.2, 0.25) is 0 Å². The van der Waals surface area contributed by atoms with Gasteiger partial charge < -0.3 is 26.8 Å². The lowest BCUT2D eigenvalue weighted by Crippen LogP contribution is -2.55. The topological polar surface area (TPSA) is 151 Å². The number of rotatable bonds is 9. The van der Waals surface area contributed by atoms with Gasteiger partial charge in [0.2, 0.25) is 17.7 Å². The smallest absolute Gasteiger partial charge is 0.327 e. The van der Waals surface area contributed by atoms with Crippen molar-refractivity contribution in [1.82, 2.24) is 16.0 Å². The average molecular weight is 348 g/mol. The van der Waals surface area contributed by atoms with Crippen LogP contribution in [0, 0.1) is 5.92 Å². The molecule has 0 rings (SSSR count). The second-order valence-electron chi connectivity index (χ2n) is 5.38. The Labute approximate surface area is 140 Å². The summed E-state index contributed by atoms with van der Waals surface area (Å²) in [7, 11) is 0. The minimum Gasteiger partial charge on any atom is -0.480 e. The molecule has 132 valence electrons. The minimum absolute atomic E-state index is 0.0791. The van der Waals surface area contributed by atoms with Crippen molar-refractivity contribution in [3.05, 3.63) is 0 Å². The number of nitrogens with two attached hydrogens (primary N) is 1. The van der Waals surface area contributed by atoms with E-state index >= 15 is 0 Å². The van der Waals surface area contributed by atoms with E-state index in [0.29, 0.717) is 0 Å². The molecule has 0 saturated carbocycles. The van der Waals surface area contributed by atoms with E-state index in [2.05, 4.69) is 28.6 Å². The second kappa shape index (κ2) is 10.1. The van der Waals surface area contributed by atoms with Gasteiger partial charge in [0.1, 0.15) is 12.1 Å². The summed E-state index contributed by atoms with van der Waals surface area (Å²) in [5.41, 5.74) is 5.35. The summed E-state index contributed by atoms with van der Waals surface area (Å²) < 4.78 is 0. The number of carboxylic acid groups (broad SMARTS) is 1. The number of hydrogen-bond donors (Lipinski definition) is 6. The van der Waals surface area contributed by atoms with E-state index in [1.165, 1.54) is 6.92 Å². The predicted molar refractivity (Wildman–Crippen MR) is 86.8 cm³/mol. The monoisotopic (exact) mass is 348 g/mol. The Hall–Kier alpha value is -1.81. The molecule has 0 aliphatic rings. The van der Waals surface area contributed by atoms with Gasteiger partial charge in [-0.1, -0.05) is 13.8 Å². The van der Waals surface area contributed by atoms with E-state index in [4.69, 9.17) is 10.8 Å². The van der Waals surface area contributed by atoms with Gasteiger partial charge in [-0.15, -0.1) is 0 Å². The fourth-order valence-corrected chi connectivity index (χ4v) is 1.78. The molecule has 6 N–H and O–H groups in total. The maximum Gasteiger partial charge on any atom is 0.327 e. The minimum atomic E-state index is -1.22. The number of hydrogen-bond acceptors (Lipinski definition) is 6. The Bertz CT molecular complexity index is 456. The van der Waals surface area contributed by atoms with Crippen LogP contribution in [0.25, 0.3) is 0 Å². The number of nitrogens with one attached hydrogen (secondary N) is 3. The van der Waals surface area contributed by atoms with Crippen LogP contribution in [-0.2, 0) is 19.2 Å². The van der Waals surface area contributed by atoms with Crippen molar-refractivity contribution >= 4 is 36.3 Å². The Morgan fingerprint density at radius 2 is 1.65 bits per heavy atom. The van der Waals surface area contributed by atoms with Crippen molar-refractivity contribution in [1.29, 1.82) is 0 Å². The lowest BCUT2D eigenvalue weighted by molar-refractivity contribution is -0.141. The molecule has 3 unspecified atom stereocenters. The van der Waals surface area contributed by atoms with Crippen LogP contribution >= 0.6 is 12.6 Å². The molecule has 0 aliphatic heterocycles. The van der Waals surface area contributed by atoms with Crippen LogP contribution < -0.4 is 21.7 Å². The van der Waals surface area contributed by atoms with Crippen LogP contribution in [0.15, 0.2) is 0 Å². The van der Waals surface area contributed by atoms with Crippen LogP contribution in [0.1, 0.15) is 20.8 Å². The Kier molecular flexibility index (Phi) is 9.27. The summed E-state index contributed by atoms with van der Waals surface area (Å²) in [6.07, 6.45) is 0. The summed E-state index contributed by atoms with van der Waals surface area (Å²) in [5.74, 6) is -3.28. The number of thiol groups is 1. The summed E-state index contributed by atoms with van der Waals surface area (Å²) in [6.45, 7) is 4.54. The van der Waals surface area contributed by atoms with Gasteiger partial charge in [0, 0.05) is 5.75 Å². The predicted octanol–water partition coefficient (Wildman–Crippen LogP) is -1.91. The molecule has 0 aliphatic carbocycles. The second-order valence-corrected chi connectivity index (χ2v) is 5.74. The van der Waals surface area contributed by atoms with Crippen LogP contribution in [0.4, 0.5) is 0 Å². The highest BCUT2D eigenvalue weighted by Gasteiger charge is 2.28. The van der Waals surface area contributed by atoms with Crippen molar-refractivity contribution in [2.45, 2.75) is 38.9 Å². The fraction of sp³-hybridized carbons (Fsp3) is 0.692. The molecule has 0 aromatic carbocycles. The molecule has 10 heteroatoms. The largest absolute Gasteiger partial charge is 0.480 e. The highest BCUT2D eigenvalue weighted by atomic mass is 32.1. The third kappa shape index (κ3) is 7.84. The zero-order valence-corrected chi connectivity index (χ0v) is 14.2. The maximum atomic E-state index is 12.1. The highest BCUT2D eigenvalue weighted by molar-refractivity contribution is 7.80. The SMILES string of the molecule is CC(N)C(=O)NCC(=O)NC(C(=O)NC(CS)C(=O)O)C(C)C. The van der Waals surface area contributed by atoms with Crippen molar-refractivity contribution in [2.24, 2.45) is 11.7 Å². The quantitative estimate of drug-likeness (QED) is 0.268. The van der Waals surface area contributed by atoms with Crippen molar-refractivity contribution in [3.63, 3.8) is 0 Å². The standard InChI is InChI=1S/C13H24N4O5S/c1-6(2)10(12(20)16-8(5-23)13(21)22)17-9(18)4-15-11(19)7(3)14/h6-8,10,23H,4-5,14H2,1-3H3,(H,15,19)(H,16,20)(H,17,18)(H,21,22). The molecule has 0 fully saturated rings. The Balaban J connectivity index is 4.67. The number of carbonyl (C=O) groups is 4. The first-order chi connectivity index (χ1) is 10.6. The van der Waals surface area contributed by atoms with E-state index in [1.54, 1.807) is 13.8 Å². The number of carbonyl (C=O) groups excluding carboxylic acids is 3. The molecule has 9 nitrogen and oxygen atoms in total. The molecule has 23 heavy (non-hydrogen) atoms. The number of aliphatic carboxylic acids is 1. The highest BCUT2D eigenvalue weighted by Crippen LogP contribution is 2.03. The Morgan fingerprint density at radius 3 is 2.04 bits per heavy atom. The normalized spacial score (nSPS) is 14.5. The van der Waals surface area contributed by atoms with Gasteiger partial charge in [0.25, 0.3) is 0 Å². The average Bonchev–Trinajstić information content (AvgIpc) is 2.46. The van der Waals surface area contributed by atoms with E-state index in [1.807, 2.05) is 0 Å². The molecule has 0 saturated heterocycles. The summed E-state index contributed by atoms with van der Waals surface area (Å²) >= 11 is 3.85. The van der Waals surface area contributed by atoms with E-state index in [0.717, 1.165) is 0 Å². The third-order valence-electron chi connectivity index (χ3n) is 2.90. The molecular formula is C13H24N4O5S. The third-order valence-corrected chi connectivity index (χ3v) is 3.26. The van der Waals surface area contributed by atoms with Gasteiger partial charge in [-0.3, -0.25) is 14.4 Å². The van der Waals surface area contributed by atoms with Gasteiger partial charge in [-0.25, -0.2) is 4.79 Å². The van der Waals surface area contributed by atoms with Gasteiger partial charge >= 0.3 is 5.97 Å². The van der Waals surface area contributed by atoms with Crippen LogP contribution in [-0.4, -0.2) is 59.2 Å². The summed E-state index contributed by atoms with van der Waals surface area (Å²) in [5, 5.41) is 16.0. The summed E-state index contributed by atoms with van der Waals surface area (Å²) in [6, 6.07) is -2.84. The van der Waals surface area contributed by atoms with Crippen LogP contribution in [0.3, 0.4) is 0 Å². The zero-order chi connectivity index (χ0) is 18.2. The molecule has 3 atom stereocenters. The van der Waals surface area contributed by atoms with Crippen molar-refractivity contribution < 1.29 is 24.3 Å². The van der Waals surface area contributed by atoms with E-state index in [-0.39, 0.29) is 18.2 Å². The molecule has 0 radical (unpaired) electrons. The number of carboxylic acids is 1. The van der Waals surface area contributed by atoms with Crippen molar-refractivity contribution in [3.8, 4) is 0 Å². The summed E-state index contributed by atoms with van der Waals surface area (Å²) in [4.78, 5) is 46.1. The lowest BCUT2D eigenvalue weighted by atomic mass is 10.0. The first-order valence-corrected chi connectivity index (χ1v) is 7.70. The lowest BCUT2D eigenvalue weighted by Gasteiger charge is -2.23. The molecule has 0 spiro atoms. The Morgan fingerprint density at radius 1 is 1.09 bits per heavy atom. The van der Waals surface area contributed by atoms with Crippen LogP contribution in [0.5, 0.6) is 0 Å². The molecule has 3 amide bonds. The fourth-order valence-electron chi connectivity index (χ4n) is 1.53. The van der Waals surface area contributed by atoms with E-state index in [9.17, 15) is 19.2 Å². The van der Waals surface area contributed by atoms with Gasteiger partial charge in [-0.2, -0.15) is 12.6 Å². The number of amides is 3. The molecular weight excluding hydrogens is 324 g/mol. The van der Waals surface area contributed by atoms with Gasteiger partial charge in [0.15, 0.2) is 0 Å². The van der Waals surface area contributed by atoms with Gasteiger partial charge in [0.05, 0.1) is 12.6 Å². The molecule has 0 aromatic heterocycles. The first kappa shape index (κ1) is 21.2. The molecule has 0 aromatic rings. The van der Waals surface area contributed by atoms with Gasteiger partial charge in [-0.05, 0) is 12.8 Å². The maximum absolute atomic E-state index is 12.1. The zero-order valence-electron chi connectivity index (χ0n) is 13.3. The molecule has 0 heterocycles. The van der Waals surface area contributed by atoms with Crippen molar-refractivity contribution in [2.75, 3.05) is 12.3 Å².